The Morgan fingerprint density at radius 2 is 2.20 bits per heavy atom. The predicted octanol–water partition coefficient (Wildman–Crippen LogP) is 1.94. The van der Waals surface area contributed by atoms with Gasteiger partial charge in [0.05, 0.1) is 4.92 Å². The fourth-order valence-corrected chi connectivity index (χ4v) is 3.28. The molecule has 1 heterocycles. The van der Waals surface area contributed by atoms with Crippen LogP contribution in [0.15, 0.2) is 12.1 Å². The van der Waals surface area contributed by atoms with E-state index in [0.717, 1.165) is 31.4 Å². The zero-order valence-corrected chi connectivity index (χ0v) is 10.7. The fraction of sp³-hybridized carbons (Fsp3) is 0.462. The lowest BCUT2D eigenvalue weighted by Gasteiger charge is -2.27. The van der Waals surface area contributed by atoms with E-state index < -0.39 is 22.3 Å². The predicted molar refractivity (Wildman–Crippen MR) is 69.6 cm³/mol. The van der Waals surface area contributed by atoms with Crippen molar-refractivity contribution >= 4 is 17.3 Å². The van der Waals surface area contributed by atoms with Gasteiger partial charge < -0.3 is 10.6 Å². The van der Waals surface area contributed by atoms with E-state index in [0.29, 0.717) is 12.5 Å². The third-order valence-corrected chi connectivity index (χ3v) is 4.25. The highest BCUT2D eigenvalue weighted by atomic mass is 19.1. The normalized spacial score (nSPS) is 24.1. The average molecular weight is 279 g/mol. The van der Waals surface area contributed by atoms with Gasteiger partial charge in [-0.1, -0.05) is 0 Å². The van der Waals surface area contributed by atoms with E-state index in [9.17, 15) is 19.3 Å². The lowest BCUT2D eigenvalue weighted by molar-refractivity contribution is -0.384. The second-order valence-electron chi connectivity index (χ2n) is 5.40. The highest BCUT2D eigenvalue weighted by molar-refractivity contribution is 6.01. The largest absolute Gasteiger partial charge is 0.392 e. The van der Waals surface area contributed by atoms with Gasteiger partial charge in [0.1, 0.15) is 17.1 Å². The Morgan fingerprint density at radius 3 is 2.75 bits per heavy atom. The van der Waals surface area contributed by atoms with Crippen LogP contribution in [0.25, 0.3) is 0 Å². The number of nitrogen functional groups attached to an aromatic ring is 1. The molecular formula is C13H14FN3O3. The molecule has 1 aromatic rings. The SMILES string of the molecule is Nc1c([N+](=O)[O-])ccc(F)c1C(=O)N1CC2CCC1C2. The van der Waals surface area contributed by atoms with Crippen molar-refractivity contribution in [2.75, 3.05) is 12.3 Å². The van der Waals surface area contributed by atoms with Gasteiger partial charge in [0, 0.05) is 18.7 Å². The van der Waals surface area contributed by atoms with E-state index in [1.165, 1.54) is 0 Å². The minimum absolute atomic E-state index is 0.116. The Hall–Kier alpha value is -2.18. The zero-order valence-electron chi connectivity index (χ0n) is 10.7. The summed E-state index contributed by atoms with van der Waals surface area (Å²) in [7, 11) is 0. The molecule has 7 heteroatoms. The number of likely N-dealkylation sites (tertiary alicyclic amines) is 1. The van der Waals surface area contributed by atoms with E-state index in [1.54, 1.807) is 4.90 Å². The highest BCUT2D eigenvalue weighted by Crippen LogP contribution is 2.39. The monoisotopic (exact) mass is 279 g/mol. The Bertz CT molecular complexity index is 605. The van der Waals surface area contributed by atoms with Crippen molar-refractivity contribution in [1.29, 1.82) is 0 Å². The van der Waals surface area contributed by atoms with Gasteiger partial charge in [0.15, 0.2) is 0 Å². The molecule has 0 spiro atoms. The lowest BCUT2D eigenvalue weighted by atomic mass is 10.1. The summed E-state index contributed by atoms with van der Waals surface area (Å²) < 4.78 is 13.9. The zero-order chi connectivity index (χ0) is 14.4. The van der Waals surface area contributed by atoms with Crippen molar-refractivity contribution in [3.05, 3.63) is 33.6 Å². The fourth-order valence-electron chi connectivity index (χ4n) is 3.28. The Balaban J connectivity index is 1.99. The van der Waals surface area contributed by atoms with Crippen molar-refractivity contribution in [2.24, 2.45) is 5.92 Å². The molecule has 2 N–H and O–H groups in total. The van der Waals surface area contributed by atoms with Crippen LogP contribution in [0.3, 0.4) is 0 Å². The van der Waals surface area contributed by atoms with Gasteiger partial charge in [-0.3, -0.25) is 14.9 Å². The summed E-state index contributed by atoms with van der Waals surface area (Å²) in [6.45, 7) is 0.588. The summed E-state index contributed by atoms with van der Waals surface area (Å²) in [5, 5.41) is 10.8. The molecule has 1 amide bonds. The van der Waals surface area contributed by atoms with Crippen LogP contribution in [0.1, 0.15) is 29.6 Å². The molecule has 2 bridgehead atoms. The van der Waals surface area contributed by atoms with Crippen molar-refractivity contribution < 1.29 is 14.1 Å². The number of nitrogens with zero attached hydrogens (tertiary/aromatic N) is 2. The highest BCUT2D eigenvalue weighted by Gasteiger charge is 2.42. The van der Waals surface area contributed by atoms with Crippen LogP contribution in [0.5, 0.6) is 0 Å². The van der Waals surface area contributed by atoms with E-state index in [-0.39, 0.29) is 17.3 Å². The van der Waals surface area contributed by atoms with E-state index in [1.807, 2.05) is 0 Å². The summed E-state index contributed by atoms with van der Waals surface area (Å²) in [5.74, 6) is -0.872. The molecule has 20 heavy (non-hydrogen) atoms. The molecule has 106 valence electrons. The quantitative estimate of drug-likeness (QED) is 0.509. The molecule has 1 saturated heterocycles. The Labute approximate surface area is 114 Å². The summed E-state index contributed by atoms with van der Waals surface area (Å²) in [6.07, 6.45) is 2.93. The van der Waals surface area contributed by atoms with Crippen LogP contribution < -0.4 is 5.73 Å². The van der Waals surface area contributed by atoms with Gasteiger partial charge in [0.25, 0.3) is 11.6 Å². The molecule has 0 radical (unpaired) electrons. The summed E-state index contributed by atoms with van der Waals surface area (Å²) in [5.41, 5.74) is 4.44. The molecule has 3 rings (SSSR count). The van der Waals surface area contributed by atoms with Crippen LogP contribution in [0.4, 0.5) is 15.8 Å². The molecule has 2 atom stereocenters. The van der Waals surface area contributed by atoms with Gasteiger partial charge in [-0.2, -0.15) is 0 Å². The van der Waals surface area contributed by atoms with Crippen molar-refractivity contribution in [3.8, 4) is 0 Å². The first kappa shape index (κ1) is 12.8. The maximum absolute atomic E-state index is 13.9. The average Bonchev–Trinajstić information content (AvgIpc) is 3.00. The third-order valence-electron chi connectivity index (χ3n) is 4.25. The molecule has 1 aliphatic carbocycles. The van der Waals surface area contributed by atoms with Gasteiger partial charge in [-0.05, 0) is 31.2 Å². The molecule has 1 saturated carbocycles. The molecular weight excluding hydrogens is 265 g/mol. The number of carbonyl (C=O) groups excluding carboxylic acids is 1. The Morgan fingerprint density at radius 1 is 1.45 bits per heavy atom. The number of halogens is 1. The second kappa shape index (κ2) is 4.43. The molecule has 0 aromatic heterocycles. The first-order chi connectivity index (χ1) is 9.49. The van der Waals surface area contributed by atoms with Gasteiger partial charge in [0.2, 0.25) is 0 Å². The number of rotatable bonds is 2. The summed E-state index contributed by atoms with van der Waals surface area (Å²) >= 11 is 0. The van der Waals surface area contributed by atoms with Crippen LogP contribution in [-0.4, -0.2) is 28.3 Å². The van der Waals surface area contributed by atoms with Gasteiger partial charge in [-0.25, -0.2) is 4.39 Å². The van der Waals surface area contributed by atoms with E-state index in [4.69, 9.17) is 5.73 Å². The van der Waals surface area contributed by atoms with Crippen molar-refractivity contribution in [1.82, 2.24) is 4.90 Å². The van der Waals surface area contributed by atoms with Crippen molar-refractivity contribution in [2.45, 2.75) is 25.3 Å². The van der Waals surface area contributed by atoms with Crippen LogP contribution in [0, 0.1) is 21.8 Å². The minimum Gasteiger partial charge on any atom is -0.392 e. The number of nitrogens with two attached hydrogens (primary N) is 1. The number of anilines is 1. The number of carbonyl (C=O) groups is 1. The van der Waals surface area contributed by atoms with E-state index >= 15 is 0 Å². The van der Waals surface area contributed by atoms with E-state index in [2.05, 4.69) is 0 Å². The number of hydrogen-bond acceptors (Lipinski definition) is 4. The Kier molecular flexibility index (Phi) is 2.84. The maximum atomic E-state index is 13.9. The number of benzene rings is 1. The van der Waals surface area contributed by atoms with Crippen molar-refractivity contribution in [3.63, 3.8) is 0 Å². The molecule has 1 aromatic carbocycles. The first-order valence-electron chi connectivity index (χ1n) is 6.52. The number of amides is 1. The minimum atomic E-state index is -0.805. The lowest BCUT2D eigenvalue weighted by Crippen LogP contribution is -2.38. The topological polar surface area (TPSA) is 89.5 Å². The molecule has 2 aliphatic rings. The molecule has 2 unspecified atom stereocenters. The molecule has 6 nitrogen and oxygen atoms in total. The number of nitro groups is 1. The number of piperidine rings is 1. The third kappa shape index (κ3) is 1.81. The number of hydrogen-bond donors (Lipinski definition) is 1. The van der Waals surface area contributed by atoms with Crippen LogP contribution in [0.2, 0.25) is 0 Å². The number of nitro benzene ring substituents is 1. The molecule has 1 aliphatic heterocycles. The maximum Gasteiger partial charge on any atom is 0.293 e. The van der Waals surface area contributed by atoms with Crippen LogP contribution >= 0.6 is 0 Å². The van der Waals surface area contributed by atoms with Crippen LogP contribution in [-0.2, 0) is 0 Å². The smallest absolute Gasteiger partial charge is 0.293 e. The summed E-state index contributed by atoms with van der Waals surface area (Å²) in [4.78, 5) is 24.2. The first-order valence-corrected chi connectivity index (χ1v) is 6.52. The van der Waals surface area contributed by atoms with Gasteiger partial charge >= 0.3 is 0 Å². The van der Waals surface area contributed by atoms with Gasteiger partial charge in [-0.15, -0.1) is 0 Å². The second-order valence-corrected chi connectivity index (χ2v) is 5.40. The molecule has 2 fully saturated rings. The summed E-state index contributed by atoms with van der Waals surface area (Å²) in [6, 6.07) is 2.03. The number of fused-ring (bicyclic) bond motifs is 2. The standard InChI is InChI=1S/C13H14FN3O3/c14-9-3-4-10(17(19)20)12(15)11(9)13(18)16-6-7-1-2-8(16)5-7/h3-4,7-8H,1-2,5-6,15H2.